The molecule has 0 aromatic heterocycles. The van der Waals surface area contributed by atoms with Crippen LogP contribution in [0.1, 0.15) is 50.3 Å². The van der Waals surface area contributed by atoms with Crippen LogP contribution in [-0.4, -0.2) is 35.7 Å². The number of hydrogen-bond acceptors (Lipinski definition) is 3. The molecular weight excluding hydrogens is 248 g/mol. The lowest BCUT2D eigenvalue weighted by atomic mass is 9.94. The van der Waals surface area contributed by atoms with Gasteiger partial charge in [0, 0.05) is 18.6 Å². The maximum atomic E-state index is 9.36. The summed E-state index contributed by atoms with van der Waals surface area (Å²) in [6.07, 6.45) is 3.23. The Morgan fingerprint density at radius 3 is 2.55 bits per heavy atom. The fourth-order valence-electron chi connectivity index (χ4n) is 2.69. The zero-order valence-electron chi connectivity index (χ0n) is 13.2. The van der Waals surface area contributed by atoms with Gasteiger partial charge in [-0.1, -0.05) is 50.1 Å². The minimum absolute atomic E-state index is 0.0974. The molecule has 0 heterocycles. The number of aryl methyl sites for hydroxylation is 1. The molecule has 0 saturated carbocycles. The lowest BCUT2D eigenvalue weighted by molar-refractivity contribution is 0.130. The molecule has 0 spiro atoms. The fraction of sp³-hybridized carbons (Fsp3) is 0.647. The predicted octanol–water partition coefficient (Wildman–Crippen LogP) is 2.87. The first-order valence-corrected chi connectivity index (χ1v) is 7.81. The van der Waals surface area contributed by atoms with Crippen LogP contribution in [0.5, 0.6) is 0 Å². The highest BCUT2D eigenvalue weighted by molar-refractivity contribution is 5.26. The SMILES string of the molecule is CCCCN(CCO)C(c1cccc(C)c1)C(N)CC. The topological polar surface area (TPSA) is 49.5 Å². The Morgan fingerprint density at radius 2 is 2.00 bits per heavy atom. The van der Waals surface area contributed by atoms with E-state index in [4.69, 9.17) is 5.73 Å². The van der Waals surface area contributed by atoms with Gasteiger partial charge in [-0.05, 0) is 31.9 Å². The predicted molar refractivity (Wildman–Crippen MR) is 85.8 cm³/mol. The van der Waals surface area contributed by atoms with Crippen molar-refractivity contribution in [2.24, 2.45) is 5.73 Å². The molecular formula is C17H30N2O. The molecule has 0 aliphatic carbocycles. The van der Waals surface area contributed by atoms with Gasteiger partial charge in [0.05, 0.1) is 6.61 Å². The summed E-state index contributed by atoms with van der Waals surface area (Å²) in [7, 11) is 0. The quantitative estimate of drug-likeness (QED) is 0.730. The molecule has 20 heavy (non-hydrogen) atoms. The molecule has 0 saturated heterocycles. The summed E-state index contributed by atoms with van der Waals surface area (Å²) in [5.74, 6) is 0. The van der Waals surface area contributed by atoms with Gasteiger partial charge < -0.3 is 10.8 Å². The number of benzene rings is 1. The fourth-order valence-corrected chi connectivity index (χ4v) is 2.69. The van der Waals surface area contributed by atoms with E-state index in [0.717, 1.165) is 25.8 Å². The lowest BCUT2D eigenvalue weighted by Crippen LogP contribution is -2.42. The van der Waals surface area contributed by atoms with Crippen molar-refractivity contribution in [3.63, 3.8) is 0 Å². The van der Waals surface area contributed by atoms with E-state index in [2.05, 4.69) is 49.9 Å². The second-order valence-electron chi connectivity index (χ2n) is 5.54. The Labute approximate surface area is 123 Å². The third kappa shape index (κ3) is 4.89. The summed E-state index contributed by atoms with van der Waals surface area (Å²) in [4.78, 5) is 2.34. The molecule has 0 fully saturated rings. The summed E-state index contributed by atoms with van der Waals surface area (Å²) in [6.45, 7) is 8.29. The van der Waals surface area contributed by atoms with Crippen LogP contribution in [0.15, 0.2) is 24.3 Å². The highest BCUT2D eigenvalue weighted by Crippen LogP contribution is 2.26. The van der Waals surface area contributed by atoms with Crippen LogP contribution in [0.2, 0.25) is 0 Å². The van der Waals surface area contributed by atoms with Crippen molar-refractivity contribution < 1.29 is 5.11 Å². The molecule has 0 aliphatic heterocycles. The molecule has 0 bridgehead atoms. The van der Waals surface area contributed by atoms with Gasteiger partial charge in [-0.2, -0.15) is 0 Å². The van der Waals surface area contributed by atoms with Crippen LogP contribution >= 0.6 is 0 Å². The summed E-state index contributed by atoms with van der Waals surface area (Å²) in [5.41, 5.74) is 8.91. The van der Waals surface area contributed by atoms with Crippen molar-refractivity contribution in [2.45, 2.75) is 52.1 Å². The average Bonchev–Trinajstić information content (AvgIpc) is 2.44. The number of nitrogens with two attached hydrogens (primary N) is 1. The first-order valence-electron chi connectivity index (χ1n) is 7.81. The Balaban J connectivity index is 3.01. The van der Waals surface area contributed by atoms with Crippen LogP contribution in [0, 0.1) is 6.92 Å². The molecule has 2 atom stereocenters. The number of unbranched alkanes of at least 4 members (excludes halogenated alkanes) is 1. The van der Waals surface area contributed by atoms with E-state index in [1.165, 1.54) is 11.1 Å². The smallest absolute Gasteiger partial charge is 0.0558 e. The van der Waals surface area contributed by atoms with Crippen molar-refractivity contribution in [2.75, 3.05) is 19.7 Å². The van der Waals surface area contributed by atoms with Crippen molar-refractivity contribution in [1.82, 2.24) is 4.90 Å². The van der Waals surface area contributed by atoms with Crippen LogP contribution in [0.25, 0.3) is 0 Å². The monoisotopic (exact) mass is 278 g/mol. The minimum atomic E-state index is 0.0974. The normalized spacial score (nSPS) is 14.5. The average molecular weight is 278 g/mol. The van der Waals surface area contributed by atoms with Gasteiger partial charge in [0.25, 0.3) is 0 Å². The molecule has 3 heteroatoms. The zero-order valence-corrected chi connectivity index (χ0v) is 13.2. The van der Waals surface area contributed by atoms with Crippen LogP contribution in [-0.2, 0) is 0 Å². The van der Waals surface area contributed by atoms with E-state index in [9.17, 15) is 5.11 Å². The Hall–Kier alpha value is -0.900. The maximum absolute atomic E-state index is 9.36. The van der Waals surface area contributed by atoms with E-state index >= 15 is 0 Å². The Kier molecular flexibility index (Phi) is 7.82. The number of hydrogen-bond donors (Lipinski definition) is 2. The second kappa shape index (κ2) is 9.11. The first-order chi connectivity index (χ1) is 9.63. The van der Waals surface area contributed by atoms with E-state index in [1.54, 1.807) is 0 Å². The molecule has 0 radical (unpaired) electrons. The van der Waals surface area contributed by atoms with E-state index in [-0.39, 0.29) is 18.7 Å². The maximum Gasteiger partial charge on any atom is 0.0558 e. The van der Waals surface area contributed by atoms with Gasteiger partial charge in [0.15, 0.2) is 0 Å². The third-order valence-electron chi connectivity index (χ3n) is 3.84. The van der Waals surface area contributed by atoms with Gasteiger partial charge in [0.1, 0.15) is 0 Å². The number of aliphatic hydroxyl groups is 1. The lowest BCUT2D eigenvalue weighted by Gasteiger charge is -2.35. The summed E-state index contributed by atoms with van der Waals surface area (Å²) < 4.78 is 0. The van der Waals surface area contributed by atoms with Crippen molar-refractivity contribution in [3.8, 4) is 0 Å². The van der Waals surface area contributed by atoms with Gasteiger partial charge >= 0.3 is 0 Å². The molecule has 3 nitrogen and oxygen atoms in total. The molecule has 0 amide bonds. The van der Waals surface area contributed by atoms with E-state index < -0.39 is 0 Å². The summed E-state index contributed by atoms with van der Waals surface area (Å²) >= 11 is 0. The highest BCUT2D eigenvalue weighted by atomic mass is 16.3. The van der Waals surface area contributed by atoms with Gasteiger partial charge in [0.2, 0.25) is 0 Å². The third-order valence-corrected chi connectivity index (χ3v) is 3.84. The van der Waals surface area contributed by atoms with Crippen LogP contribution < -0.4 is 5.73 Å². The largest absolute Gasteiger partial charge is 0.395 e. The van der Waals surface area contributed by atoms with Gasteiger partial charge in [-0.25, -0.2) is 0 Å². The molecule has 1 aromatic carbocycles. The summed E-state index contributed by atoms with van der Waals surface area (Å²) in [5, 5.41) is 9.36. The molecule has 3 N–H and O–H groups in total. The first kappa shape index (κ1) is 17.2. The van der Waals surface area contributed by atoms with Crippen LogP contribution in [0.3, 0.4) is 0 Å². The highest BCUT2D eigenvalue weighted by Gasteiger charge is 2.25. The van der Waals surface area contributed by atoms with E-state index in [1.807, 2.05) is 0 Å². The van der Waals surface area contributed by atoms with Crippen molar-refractivity contribution in [1.29, 1.82) is 0 Å². The van der Waals surface area contributed by atoms with Crippen LogP contribution in [0.4, 0.5) is 0 Å². The Bertz CT molecular complexity index is 381. The van der Waals surface area contributed by atoms with Crippen molar-refractivity contribution in [3.05, 3.63) is 35.4 Å². The summed E-state index contributed by atoms with van der Waals surface area (Å²) in [6, 6.07) is 8.87. The number of nitrogens with zero attached hydrogens (tertiary/aromatic N) is 1. The zero-order chi connectivity index (χ0) is 15.0. The van der Waals surface area contributed by atoms with E-state index in [0.29, 0.717) is 6.54 Å². The molecule has 114 valence electrons. The molecule has 1 aromatic rings. The minimum Gasteiger partial charge on any atom is -0.395 e. The number of aliphatic hydroxyl groups excluding tert-OH is 1. The Morgan fingerprint density at radius 1 is 1.25 bits per heavy atom. The van der Waals surface area contributed by atoms with Gasteiger partial charge in [-0.3, -0.25) is 4.90 Å². The number of rotatable bonds is 9. The standard InChI is InChI=1S/C17H30N2O/c1-4-6-10-19(11-12-20)17(16(18)5-2)15-9-7-8-14(3)13-15/h7-9,13,16-17,20H,4-6,10-12,18H2,1-3H3. The molecule has 0 aliphatic rings. The molecule has 2 unspecified atom stereocenters. The molecule has 1 rings (SSSR count). The van der Waals surface area contributed by atoms with Crippen molar-refractivity contribution >= 4 is 0 Å². The van der Waals surface area contributed by atoms with Gasteiger partial charge in [-0.15, -0.1) is 0 Å². The second-order valence-corrected chi connectivity index (χ2v) is 5.54.